The van der Waals surface area contributed by atoms with Gasteiger partial charge in [0.25, 0.3) is 5.91 Å². The van der Waals surface area contributed by atoms with Crippen LogP contribution in [0, 0.1) is 12.7 Å². The topological polar surface area (TPSA) is 94.1 Å². The number of carbonyl (C=O) groups is 2. The zero-order chi connectivity index (χ0) is 21.3. The molecule has 2 aromatic heterocycles. The third-order valence-electron chi connectivity index (χ3n) is 5.39. The third kappa shape index (κ3) is 3.52. The van der Waals surface area contributed by atoms with Gasteiger partial charge >= 0.3 is 5.97 Å². The van der Waals surface area contributed by atoms with Crippen LogP contribution in [0.3, 0.4) is 0 Å². The first-order valence-corrected chi connectivity index (χ1v) is 9.37. The fourth-order valence-electron chi connectivity index (χ4n) is 3.41. The van der Waals surface area contributed by atoms with E-state index in [1.165, 1.54) is 26.4 Å². The Bertz CT molecular complexity index is 1110. The maximum atomic E-state index is 13.6. The Hall–Kier alpha value is -3.68. The molecule has 0 unspecified atom stereocenters. The first-order chi connectivity index (χ1) is 14.4. The summed E-state index contributed by atoms with van der Waals surface area (Å²) in [5.41, 5.74) is 2.44. The number of rotatable bonds is 5. The molecule has 7 nitrogen and oxygen atoms in total. The molecular formula is C22H19FN4O3. The summed E-state index contributed by atoms with van der Waals surface area (Å²) in [5.74, 6) is -1.15. The molecule has 30 heavy (non-hydrogen) atoms. The molecule has 1 aliphatic rings. The number of ether oxygens (including phenoxy) is 1. The van der Waals surface area contributed by atoms with E-state index in [9.17, 15) is 14.0 Å². The van der Waals surface area contributed by atoms with Gasteiger partial charge in [-0.2, -0.15) is 0 Å². The van der Waals surface area contributed by atoms with Crippen molar-refractivity contribution in [1.29, 1.82) is 0 Å². The van der Waals surface area contributed by atoms with Crippen LogP contribution in [0.5, 0.6) is 0 Å². The molecule has 2 heterocycles. The molecule has 1 aromatic carbocycles. The molecule has 8 heteroatoms. The standard InChI is InChI=1S/C22H19FN4O3/c1-13-16(9-24-10-17(13)23)20(28)27-19-12-25-18(11-26-19)22(7-8-22)15-5-3-14(4-6-15)21(29)30-2/h3-6,9-12H,7-8H2,1-2H3,(H,26,27,28). The first kappa shape index (κ1) is 19.6. The molecule has 1 amide bonds. The van der Waals surface area contributed by atoms with Gasteiger partial charge in [0, 0.05) is 17.2 Å². The number of anilines is 1. The number of methoxy groups -OCH3 is 1. The number of benzene rings is 1. The van der Waals surface area contributed by atoms with E-state index >= 15 is 0 Å². The molecule has 4 rings (SSSR count). The van der Waals surface area contributed by atoms with Crippen molar-refractivity contribution in [2.24, 2.45) is 0 Å². The van der Waals surface area contributed by atoms with Gasteiger partial charge < -0.3 is 10.1 Å². The Morgan fingerprint density at radius 3 is 2.40 bits per heavy atom. The van der Waals surface area contributed by atoms with Crippen LogP contribution in [0.15, 0.2) is 49.1 Å². The number of amides is 1. The van der Waals surface area contributed by atoms with Gasteiger partial charge in [-0.25, -0.2) is 14.2 Å². The number of hydrogen-bond acceptors (Lipinski definition) is 6. The SMILES string of the molecule is COC(=O)c1ccc(C2(c3cnc(NC(=O)c4cncc(F)c4C)cn3)CC2)cc1. The quantitative estimate of drug-likeness (QED) is 0.653. The highest BCUT2D eigenvalue weighted by Crippen LogP contribution is 2.52. The predicted octanol–water partition coefficient (Wildman–Crippen LogP) is 3.44. The Labute approximate surface area is 172 Å². The zero-order valence-electron chi connectivity index (χ0n) is 16.5. The van der Waals surface area contributed by atoms with Crippen molar-refractivity contribution < 1.29 is 18.7 Å². The van der Waals surface area contributed by atoms with Crippen LogP contribution in [0.1, 0.15) is 50.4 Å². The van der Waals surface area contributed by atoms with Gasteiger partial charge in [0.05, 0.1) is 42.5 Å². The Morgan fingerprint density at radius 1 is 1.07 bits per heavy atom. The molecule has 1 N–H and O–H groups in total. The van der Waals surface area contributed by atoms with Gasteiger partial charge in [-0.15, -0.1) is 0 Å². The summed E-state index contributed by atoms with van der Waals surface area (Å²) in [7, 11) is 1.35. The zero-order valence-corrected chi connectivity index (χ0v) is 16.5. The normalized spacial score (nSPS) is 14.1. The molecule has 1 fully saturated rings. The van der Waals surface area contributed by atoms with Gasteiger partial charge in [-0.3, -0.25) is 14.8 Å². The van der Waals surface area contributed by atoms with Gasteiger partial charge in [0.15, 0.2) is 5.82 Å². The van der Waals surface area contributed by atoms with E-state index < -0.39 is 11.7 Å². The summed E-state index contributed by atoms with van der Waals surface area (Å²) in [4.78, 5) is 36.5. The van der Waals surface area contributed by atoms with Crippen LogP contribution in [-0.4, -0.2) is 33.9 Å². The lowest BCUT2D eigenvalue weighted by Gasteiger charge is -2.16. The minimum atomic E-state index is -0.544. The van der Waals surface area contributed by atoms with Crippen molar-refractivity contribution in [2.45, 2.75) is 25.2 Å². The third-order valence-corrected chi connectivity index (χ3v) is 5.39. The van der Waals surface area contributed by atoms with Crippen LogP contribution >= 0.6 is 0 Å². The smallest absolute Gasteiger partial charge is 0.337 e. The van der Waals surface area contributed by atoms with Gasteiger partial charge in [0.2, 0.25) is 0 Å². The van der Waals surface area contributed by atoms with Crippen LogP contribution < -0.4 is 5.32 Å². The largest absolute Gasteiger partial charge is 0.465 e. The maximum Gasteiger partial charge on any atom is 0.337 e. The minimum Gasteiger partial charge on any atom is -0.465 e. The molecule has 1 aliphatic carbocycles. The van der Waals surface area contributed by atoms with Crippen LogP contribution in [0.25, 0.3) is 0 Å². The predicted molar refractivity (Wildman–Crippen MR) is 107 cm³/mol. The van der Waals surface area contributed by atoms with Crippen molar-refractivity contribution in [2.75, 3.05) is 12.4 Å². The molecule has 3 aromatic rings. The van der Waals surface area contributed by atoms with Crippen molar-refractivity contribution >= 4 is 17.7 Å². The van der Waals surface area contributed by atoms with E-state index in [1.807, 2.05) is 12.1 Å². The number of carbonyl (C=O) groups excluding carboxylic acids is 2. The fraction of sp³-hybridized carbons (Fsp3) is 0.227. The Morgan fingerprint density at radius 2 is 1.80 bits per heavy atom. The monoisotopic (exact) mass is 406 g/mol. The average molecular weight is 406 g/mol. The number of nitrogens with zero attached hydrogens (tertiary/aromatic N) is 3. The second kappa shape index (κ2) is 7.62. The van der Waals surface area contributed by atoms with Gasteiger partial charge in [-0.05, 0) is 37.5 Å². The first-order valence-electron chi connectivity index (χ1n) is 9.37. The Kier molecular flexibility index (Phi) is 4.99. The molecule has 0 spiro atoms. The summed E-state index contributed by atoms with van der Waals surface area (Å²) in [6.07, 6.45) is 7.32. The molecule has 0 atom stereocenters. The summed E-state index contributed by atoms with van der Waals surface area (Å²) in [5, 5.41) is 2.62. The molecule has 0 saturated heterocycles. The number of esters is 1. The van der Waals surface area contributed by atoms with Crippen LogP contribution in [0.2, 0.25) is 0 Å². The van der Waals surface area contributed by atoms with Crippen molar-refractivity contribution in [3.63, 3.8) is 0 Å². The van der Waals surface area contributed by atoms with Crippen molar-refractivity contribution in [1.82, 2.24) is 15.0 Å². The fourth-order valence-corrected chi connectivity index (χ4v) is 3.41. The lowest BCUT2D eigenvalue weighted by atomic mass is 9.92. The van der Waals surface area contributed by atoms with Crippen molar-refractivity contribution in [3.05, 3.63) is 82.8 Å². The highest BCUT2D eigenvalue weighted by Gasteiger charge is 2.47. The number of halogens is 1. The second-order valence-electron chi connectivity index (χ2n) is 7.19. The molecule has 0 radical (unpaired) electrons. The van der Waals surface area contributed by atoms with E-state index in [4.69, 9.17) is 4.74 Å². The second-order valence-corrected chi connectivity index (χ2v) is 7.19. The molecule has 0 aliphatic heterocycles. The number of pyridine rings is 1. The maximum absolute atomic E-state index is 13.6. The number of nitrogens with one attached hydrogen (secondary N) is 1. The Balaban J connectivity index is 1.51. The summed E-state index contributed by atoms with van der Waals surface area (Å²) < 4.78 is 18.4. The lowest BCUT2D eigenvalue weighted by molar-refractivity contribution is 0.0600. The molecular weight excluding hydrogens is 387 g/mol. The molecule has 0 bridgehead atoms. The highest BCUT2D eigenvalue weighted by atomic mass is 19.1. The molecule has 152 valence electrons. The van der Waals surface area contributed by atoms with Gasteiger partial charge in [-0.1, -0.05) is 12.1 Å². The number of hydrogen-bond donors (Lipinski definition) is 1. The van der Waals surface area contributed by atoms with E-state index in [2.05, 4.69) is 20.3 Å². The lowest BCUT2D eigenvalue weighted by Crippen LogP contribution is -2.17. The summed E-state index contributed by atoms with van der Waals surface area (Å²) in [6.45, 7) is 1.52. The number of aromatic nitrogens is 3. The van der Waals surface area contributed by atoms with Crippen LogP contribution in [0.4, 0.5) is 10.2 Å². The average Bonchev–Trinajstić information content (AvgIpc) is 3.57. The van der Waals surface area contributed by atoms with E-state index in [1.54, 1.807) is 18.3 Å². The van der Waals surface area contributed by atoms with Gasteiger partial charge in [0.1, 0.15) is 5.82 Å². The minimum absolute atomic E-state index is 0.144. The summed E-state index contributed by atoms with van der Waals surface area (Å²) in [6, 6.07) is 7.27. The van der Waals surface area contributed by atoms with E-state index in [0.29, 0.717) is 5.56 Å². The van der Waals surface area contributed by atoms with E-state index in [0.717, 1.165) is 30.3 Å². The van der Waals surface area contributed by atoms with E-state index in [-0.39, 0.29) is 28.3 Å². The highest BCUT2D eigenvalue weighted by molar-refractivity contribution is 6.04. The van der Waals surface area contributed by atoms with Crippen LogP contribution in [-0.2, 0) is 10.2 Å². The summed E-state index contributed by atoms with van der Waals surface area (Å²) >= 11 is 0. The van der Waals surface area contributed by atoms with Crippen molar-refractivity contribution in [3.8, 4) is 0 Å². The molecule has 1 saturated carbocycles.